The highest BCUT2D eigenvalue weighted by Gasteiger charge is 1.89. The van der Waals surface area contributed by atoms with Crippen LogP contribution in [-0.4, -0.2) is 24.5 Å². The normalized spacial score (nSPS) is 6.91. The predicted octanol–water partition coefficient (Wildman–Crippen LogP) is 1.95. The molecular weight excluding hydrogens is 170 g/mol. The van der Waals surface area contributed by atoms with E-state index in [-0.39, 0.29) is 9.41 Å². The SMILES string of the molecule is CCN(CC)CC.F.F.N=S. The van der Waals surface area contributed by atoms with Crippen molar-refractivity contribution in [1.29, 1.82) is 4.78 Å². The summed E-state index contributed by atoms with van der Waals surface area (Å²) in [7, 11) is 0. The van der Waals surface area contributed by atoms with Gasteiger partial charge in [-0.3, -0.25) is 9.41 Å². The standard InChI is InChI=1S/C6H15N.2FH.HNS/c1-4-7(5-2)6-3;;;1-2/h4-6H2,1-3H3;2*1H;1H. The van der Waals surface area contributed by atoms with E-state index in [1.807, 2.05) is 0 Å². The summed E-state index contributed by atoms with van der Waals surface area (Å²) < 4.78 is 5.33. The van der Waals surface area contributed by atoms with Gasteiger partial charge in [0, 0.05) is 12.4 Å². The summed E-state index contributed by atoms with van der Waals surface area (Å²) in [4.78, 5) is 2.38. The van der Waals surface area contributed by atoms with Gasteiger partial charge in [0.25, 0.3) is 0 Å². The molecule has 72 valence electrons. The molecule has 2 nitrogen and oxygen atoms in total. The first kappa shape index (κ1) is 22.4. The average Bonchev–Trinajstić information content (AvgIpc) is 1.96. The van der Waals surface area contributed by atoms with E-state index in [4.69, 9.17) is 4.78 Å². The molecule has 0 spiro atoms. The van der Waals surface area contributed by atoms with Gasteiger partial charge in [-0.15, -0.1) is 0 Å². The van der Waals surface area contributed by atoms with Crippen LogP contribution in [0.15, 0.2) is 0 Å². The molecule has 0 unspecified atom stereocenters. The zero-order valence-electron chi connectivity index (χ0n) is 7.29. The zero-order valence-corrected chi connectivity index (χ0v) is 8.11. The second-order valence-corrected chi connectivity index (χ2v) is 1.62. The molecule has 0 saturated heterocycles. The Kier molecular flexibility index (Phi) is 46.0. The highest BCUT2D eigenvalue weighted by Crippen LogP contribution is 1.81. The molecular formula is C6H18F2N2S. The number of hydrogen-bond acceptors (Lipinski definition) is 3. The first-order valence-electron chi connectivity index (χ1n) is 3.27. The fourth-order valence-electron chi connectivity index (χ4n) is 0.671. The number of rotatable bonds is 3. The van der Waals surface area contributed by atoms with Crippen molar-refractivity contribution < 1.29 is 9.41 Å². The molecule has 0 aliphatic rings. The van der Waals surface area contributed by atoms with Gasteiger partial charge in [-0.05, 0) is 19.6 Å². The summed E-state index contributed by atoms with van der Waals surface area (Å²) in [5, 5.41) is 0. The fourth-order valence-corrected chi connectivity index (χ4v) is 0.671. The van der Waals surface area contributed by atoms with Crippen molar-refractivity contribution in [2.45, 2.75) is 20.8 Å². The maximum atomic E-state index is 5.33. The number of hydrogen-bond donors (Lipinski definition) is 1. The van der Waals surface area contributed by atoms with Crippen LogP contribution >= 0.6 is 0 Å². The molecule has 0 aliphatic carbocycles. The fraction of sp³-hybridized carbons (Fsp3) is 1.00. The Labute approximate surface area is 72.7 Å². The van der Waals surface area contributed by atoms with E-state index >= 15 is 0 Å². The Balaban J connectivity index is -0.0000000564. The minimum absolute atomic E-state index is 0. The molecule has 1 N–H and O–H groups in total. The van der Waals surface area contributed by atoms with Crippen molar-refractivity contribution in [1.82, 2.24) is 4.90 Å². The summed E-state index contributed by atoms with van der Waals surface area (Å²) in [6, 6.07) is 0. The van der Waals surface area contributed by atoms with E-state index in [0.717, 1.165) is 0 Å². The molecule has 5 heteroatoms. The molecule has 0 aromatic carbocycles. The molecule has 0 radical (unpaired) electrons. The number of halogens is 2. The maximum absolute atomic E-state index is 5.33. The van der Waals surface area contributed by atoms with E-state index < -0.39 is 0 Å². The van der Waals surface area contributed by atoms with Crippen LogP contribution in [0.3, 0.4) is 0 Å². The lowest BCUT2D eigenvalue weighted by Gasteiger charge is -2.13. The van der Waals surface area contributed by atoms with Crippen LogP contribution in [0.5, 0.6) is 0 Å². The summed E-state index contributed by atoms with van der Waals surface area (Å²) in [6.07, 6.45) is 0. The Morgan fingerprint density at radius 1 is 0.909 bits per heavy atom. The van der Waals surface area contributed by atoms with Crippen LogP contribution in [0.1, 0.15) is 20.8 Å². The third-order valence-corrected chi connectivity index (χ3v) is 1.34. The molecule has 0 fully saturated rings. The minimum Gasteiger partial charge on any atom is -0.304 e. The minimum atomic E-state index is 0. The van der Waals surface area contributed by atoms with Crippen LogP contribution < -0.4 is 0 Å². The molecule has 0 amide bonds. The second-order valence-electron chi connectivity index (χ2n) is 1.62. The highest BCUT2D eigenvalue weighted by atomic mass is 32.1. The third kappa shape index (κ3) is 17.7. The molecule has 11 heavy (non-hydrogen) atoms. The van der Waals surface area contributed by atoms with Crippen LogP contribution in [0.25, 0.3) is 0 Å². The maximum Gasteiger partial charge on any atom is 0.0324 e. The Morgan fingerprint density at radius 2 is 1.09 bits per heavy atom. The lowest BCUT2D eigenvalue weighted by atomic mass is 10.5. The molecule has 0 bridgehead atoms. The molecule has 0 aliphatic heterocycles. The van der Waals surface area contributed by atoms with Crippen LogP contribution in [0.2, 0.25) is 0 Å². The Morgan fingerprint density at radius 3 is 1.09 bits per heavy atom. The lowest BCUT2D eigenvalue weighted by Crippen LogP contribution is -2.21. The number of nitrogens with zero attached hydrogens (tertiary/aromatic N) is 1. The van der Waals surface area contributed by atoms with Gasteiger partial charge in [-0.25, -0.2) is 4.78 Å². The van der Waals surface area contributed by atoms with Crippen molar-refractivity contribution in [2.75, 3.05) is 19.6 Å². The smallest absolute Gasteiger partial charge is 0.0324 e. The van der Waals surface area contributed by atoms with Gasteiger partial charge >= 0.3 is 0 Å². The second kappa shape index (κ2) is 22.5. The molecule has 0 aromatic rings. The molecule has 0 atom stereocenters. The van der Waals surface area contributed by atoms with Gasteiger partial charge < -0.3 is 4.90 Å². The van der Waals surface area contributed by atoms with Gasteiger partial charge in [-0.1, -0.05) is 20.8 Å². The zero-order chi connectivity index (χ0) is 7.70. The van der Waals surface area contributed by atoms with E-state index in [1.165, 1.54) is 19.6 Å². The summed E-state index contributed by atoms with van der Waals surface area (Å²) >= 11 is 3.33. The largest absolute Gasteiger partial charge is 0.304 e. The quantitative estimate of drug-likeness (QED) is 0.733. The van der Waals surface area contributed by atoms with Crippen molar-refractivity contribution in [3.63, 3.8) is 0 Å². The van der Waals surface area contributed by atoms with Gasteiger partial charge in [0.05, 0.1) is 0 Å². The van der Waals surface area contributed by atoms with Crippen LogP contribution in [-0.2, 0) is 12.4 Å². The lowest BCUT2D eigenvalue weighted by molar-refractivity contribution is 0.321. The Hall–Kier alpha value is -0.160. The monoisotopic (exact) mass is 188 g/mol. The first-order valence-corrected chi connectivity index (χ1v) is 3.68. The molecule has 0 saturated carbocycles. The van der Waals surface area contributed by atoms with Gasteiger partial charge in [-0.2, -0.15) is 0 Å². The predicted molar refractivity (Wildman–Crippen MR) is 48.6 cm³/mol. The van der Waals surface area contributed by atoms with E-state index in [9.17, 15) is 0 Å². The van der Waals surface area contributed by atoms with Gasteiger partial charge in [0.2, 0.25) is 0 Å². The van der Waals surface area contributed by atoms with Crippen LogP contribution in [0.4, 0.5) is 9.41 Å². The van der Waals surface area contributed by atoms with E-state index in [1.54, 1.807) is 0 Å². The van der Waals surface area contributed by atoms with Crippen molar-refractivity contribution in [3.8, 4) is 0 Å². The first-order chi connectivity index (χ1) is 4.35. The summed E-state index contributed by atoms with van der Waals surface area (Å²) in [5.74, 6) is 0. The van der Waals surface area contributed by atoms with E-state index in [2.05, 4.69) is 38.1 Å². The number of nitrogens with one attached hydrogen (secondary N) is 1. The Bertz CT molecular complexity index is 48.3. The van der Waals surface area contributed by atoms with Crippen molar-refractivity contribution in [2.24, 2.45) is 0 Å². The average molecular weight is 188 g/mol. The highest BCUT2D eigenvalue weighted by molar-refractivity contribution is 7.45. The third-order valence-electron chi connectivity index (χ3n) is 1.34. The molecule has 0 rings (SSSR count). The van der Waals surface area contributed by atoms with Crippen LogP contribution in [0, 0.1) is 4.78 Å². The summed E-state index contributed by atoms with van der Waals surface area (Å²) in [6.45, 7) is 10.1. The summed E-state index contributed by atoms with van der Waals surface area (Å²) in [5.41, 5.74) is 0. The van der Waals surface area contributed by atoms with E-state index in [0.29, 0.717) is 0 Å². The topological polar surface area (TPSA) is 27.1 Å². The van der Waals surface area contributed by atoms with Crippen molar-refractivity contribution in [3.05, 3.63) is 0 Å². The van der Waals surface area contributed by atoms with Crippen molar-refractivity contribution >= 4 is 12.4 Å². The molecule has 0 heterocycles. The van der Waals surface area contributed by atoms with Gasteiger partial charge in [0.15, 0.2) is 0 Å². The molecule has 0 aromatic heterocycles. The van der Waals surface area contributed by atoms with Gasteiger partial charge in [0.1, 0.15) is 0 Å².